The normalized spacial score (nSPS) is 15.3. The number of carbonyl (C=O) groups excluding carboxylic acids is 1. The maximum absolute atomic E-state index is 13.5. The van der Waals surface area contributed by atoms with Crippen molar-refractivity contribution in [2.24, 2.45) is 0 Å². The molecular weight excluding hydrogens is 400 g/mol. The number of amides is 1. The third-order valence-electron chi connectivity index (χ3n) is 5.91. The highest BCUT2D eigenvalue weighted by molar-refractivity contribution is 6.01. The number of aryl methyl sites for hydroxylation is 1. The van der Waals surface area contributed by atoms with Crippen molar-refractivity contribution in [1.82, 2.24) is 14.7 Å². The van der Waals surface area contributed by atoms with Gasteiger partial charge < -0.3 is 10.2 Å². The van der Waals surface area contributed by atoms with E-state index in [0.717, 1.165) is 22.6 Å². The largest absolute Gasteiger partial charge is 0.361 e. The number of hydrogen-bond donors (Lipinski definition) is 2. The van der Waals surface area contributed by atoms with Crippen LogP contribution in [0.5, 0.6) is 0 Å². The molecule has 6 nitrogen and oxygen atoms in total. The van der Waals surface area contributed by atoms with Crippen molar-refractivity contribution in [1.29, 1.82) is 0 Å². The van der Waals surface area contributed by atoms with Crippen LogP contribution in [0.25, 0.3) is 5.69 Å². The Bertz CT molecular complexity index is 1310. The number of nitrogens with one attached hydrogen (secondary N) is 2. The molecular formula is C26H24N4O2. The van der Waals surface area contributed by atoms with Crippen molar-refractivity contribution in [3.8, 4) is 5.69 Å². The number of carbonyl (C=O) groups is 1. The monoisotopic (exact) mass is 424 g/mol. The lowest BCUT2D eigenvalue weighted by molar-refractivity contribution is 0.0684. The van der Waals surface area contributed by atoms with Crippen LogP contribution in [0.3, 0.4) is 0 Å². The molecule has 1 aliphatic rings. The number of aromatic nitrogens is 2. The molecule has 2 N–H and O–H groups in total. The van der Waals surface area contributed by atoms with Gasteiger partial charge in [0.2, 0.25) is 0 Å². The van der Waals surface area contributed by atoms with E-state index in [0.29, 0.717) is 24.1 Å². The molecule has 4 aromatic rings. The molecule has 0 aliphatic carbocycles. The SMILES string of the molecule is Cc1[nH]n(-c2ccccc2)c(=O)c1C1Nc2ccccc2C(=O)N1CCc1ccccc1. The summed E-state index contributed by atoms with van der Waals surface area (Å²) < 4.78 is 1.53. The molecule has 0 fully saturated rings. The Morgan fingerprint density at radius 2 is 1.50 bits per heavy atom. The summed E-state index contributed by atoms with van der Waals surface area (Å²) in [6, 6.07) is 27.0. The first kappa shape index (κ1) is 19.9. The Kier molecular flexibility index (Phi) is 5.11. The number of benzene rings is 3. The van der Waals surface area contributed by atoms with Gasteiger partial charge >= 0.3 is 0 Å². The molecule has 1 atom stereocenters. The van der Waals surface area contributed by atoms with Gasteiger partial charge in [-0.1, -0.05) is 60.7 Å². The molecule has 160 valence electrons. The van der Waals surface area contributed by atoms with Gasteiger partial charge in [-0.05, 0) is 43.2 Å². The standard InChI is InChI=1S/C26H24N4O2/c1-18-23(26(32)30(28-18)20-12-6-3-7-13-20)24-27-22-15-9-8-14-21(22)25(31)29(24)17-16-19-10-4-2-5-11-19/h2-15,24,27-28H,16-17H2,1H3. The lowest BCUT2D eigenvalue weighted by Crippen LogP contribution is -2.45. The summed E-state index contributed by atoms with van der Waals surface area (Å²) in [5, 5.41) is 6.63. The van der Waals surface area contributed by atoms with Crippen LogP contribution in [0.15, 0.2) is 89.7 Å². The van der Waals surface area contributed by atoms with E-state index < -0.39 is 6.17 Å². The van der Waals surface area contributed by atoms with Crippen LogP contribution in [0.1, 0.15) is 33.3 Å². The summed E-state index contributed by atoms with van der Waals surface area (Å²) in [5.41, 5.74) is 4.37. The van der Waals surface area contributed by atoms with E-state index in [1.54, 1.807) is 4.90 Å². The number of anilines is 1. The van der Waals surface area contributed by atoms with E-state index in [9.17, 15) is 9.59 Å². The summed E-state index contributed by atoms with van der Waals surface area (Å²) in [6.07, 6.45) is 0.137. The van der Waals surface area contributed by atoms with Crippen LogP contribution >= 0.6 is 0 Å². The van der Waals surface area contributed by atoms with Gasteiger partial charge in [0.1, 0.15) is 6.17 Å². The van der Waals surface area contributed by atoms with Gasteiger partial charge in [0.05, 0.1) is 16.8 Å². The van der Waals surface area contributed by atoms with Crippen molar-refractivity contribution in [2.75, 3.05) is 11.9 Å². The van der Waals surface area contributed by atoms with Crippen molar-refractivity contribution in [3.63, 3.8) is 0 Å². The minimum absolute atomic E-state index is 0.0773. The van der Waals surface area contributed by atoms with E-state index in [1.165, 1.54) is 4.68 Å². The quantitative estimate of drug-likeness (QED) is 0.502. The van der Waals surface area contributed by atoms with Crippen molar-refractivity contribution >= 4 is 11.6 Å². The molecule has 0 saturated heterocycles. The van der Waals surface area contributed by atoms with Gasteiger partial charge in [-0.3, -0.25) is 14.7 Å². The zero-order valence-electron chi connectivity index (χ0n) is 17.8. The summed E-state index contributed by atoms with van der Waals surface area (Å²) in [4.78, 5) is 28.7. The molecule has 5 rings (SSSR count). The molecule has 1 unspecified atom stereocenters. The number of fused-ring (bicyclic) bond motifs is 1. The zero-order valence-corrected chi connectivity index (χ0v) is 17.8. The molecule has 0 bridgehead atoms. The van der Waals surface area contributed by atoms with Gasteiger partial charge in [0.15, 0.2) is 0 Å². The summed E-state index contributed by atoms with van der Waals surface area (Å²) in [5.74, 6) is -0.0773. The van der Waals surface area contributed by atoms with Crippen LogP contribution in [-0.4, -0.2) is 27.1 Å². The average Bonchev–Trinajstić information content (AvgIpc) is 3.13. The van der Waals surface area contributed by atoms with E-state index in [4.69, 9.17) is 0 Å². The number of rotatable bonds is 5. The van der Waals surface area contributed by atoms with E-state index in [2.05, 4.69) is 22.5 Å². The van der Waals surface area contributed by atoms with Gasteiger partial charge in [-0.2, -0.15) is 0 Å². The van der Waals surface area contributed by atoms with Crippen LogP contribution in [0.2, 0.25) is 0 Å². The van der Waals surface area contributed by atoms with Crippen molar-refractivity contribution in [3.05, 3.63) is 118 Å². The Morgan fingerprint density at radius 3 is 2.25 bits per heavy atom. The highest BCUT2D eigenvalue weighted by Gasteiger charge is 2.36. The molecule has 1 amide bonds. The second kappa shape index (κ2) is 8.23. The van der Waals surface area contributed by atoms with Gasteiger partial charge in [-0.15, -0.1) is 0 Å². The fourth-order valence-corrected chi connectivity index (χ4v) is 4.29. The first-order valence-corrected chi connectivity index (χ1v) is 10.7. The molecule has 6 heteroatoms. The minimum atomic E-state index is -0.560. The molecule has 0 saturated carbocycles. The molecule has 1 aromatic heterocycles. The molecule has 32 heavy (non-hydrogen) atoms. The maximum Gasteiger partial charge on any atom is 0.278 e. The third kappa shape index (κ3) is 3.50. The van der Waals surface area contributed by atoms with Crippen LogP contribution in [-0.2, 0) is 6.42 Å². The lowest BCUT2D eigenvalue weighted by atomic mass is 10.0. The molecule has 2 heterocycles. The molecule has 0 radical (unpaired) electrons. The second-order valence-electron chi connectivity index (χ2n) is 7.95. The van der Waals surface area contributed by atoms with Crippen molar-refractivity contribution in [2.45, 2.75) is 19.5 Å². The fraction of sp³-hybridized carbons (Fsp3) is 0.154. The number of nitrogens with zero attached hydrogens (tertiary/aromatic N) is 2. The average molecular weight is 425 g/mol. The highest BCUT2D eigenvalue weighted by Crippen LogP contribution is 2.33. The van der Waals surface area contributed by atoms with Gasteiger partial charge in [0.25, 0.3) is 11.5 Å². The maximum atomic E-state index is 13.5. The lowest BCUT2D eigenvalue weighted by Gasteiger charge is -2.37. The van der Waals surface area contributed by atoms with E-state index in [-0.39, 0.29) is 11.5 Å². The third-order valence-corrected chi connectivity index (χ3v) is 5.91. The first-order valence-electron chi connectivity index (χ1n) is 10.7. The Morgan fingerprint density at radius 1 is 0.844 bits per heavy atom. The fourth-order valence-electron chi connectivity index (χ4n) is 4.29. The summed E-state index contributed by atoms with van der Waals surface area (Å²) in [6.45, 7) is 2.36. The predicted octanol–water partition coefficient (Wildman–Crippen LogP) is 4.28. The minimum Gasteiger partial charge on any atom is -0.361 e. The zero-order chi connectivity index (χ0) is 22.1. The topological polar surface area (TPSA) is 70.1 Å². The molecule has 3 aromatic carbocycles. The van der Waals surface area contributed by atoms with Crippen LogP contribution in [0, 0.1) is 6.92 Å². The Hall–Kier alpha value is -4.06. The number of para-hydroxylation sites is 2. The second-order valence-corrected chi connectivity index (χ2v) is 7.95. The first-order chi connectivity index (χ1) is 15.6. The molecule has 0 spiro atoms. The highest BCUT2D eigenvalue weighted by atomic mass is 16.2. The Labute approximate surface area is 186 Å². The van der Waals surface area contributed by atoms with Crippen LogP contribution < -0.4 is 10.9 Å². The predicted molar refractivity (Wildman–Crippen MR) is 125 cm³/mol. The van der Waals surface area contributed by atoms with Gasteiger partial charge in [0, 0.05) is 17.9 Å². The Balaban J connectivity index is 1.57. The summed E-state index contributed by atoms with van der Waals surface area (Å²) in [7, 11) is 0. The van der Waals surface area contributed by atoms with E-state index >= 15 is 0 Å². The van der Waals surface area contributed by atoms with E-state index in [1.807, 2.05) is 79.7 Å². The number of hydrogen-bond acceptors (Lipinski definition) is 3. The van der Waals surface area contributed by atoms with Crippen LogP contribution in [0.4, 0.5) is 5.69 Å². The van der Waals surface area contributed by atoms with Gasteiger partial charge in [-0.25, -0.2) is 4.68 Å². The number of H-pyrrole nitrogens is 1. The smallest absolute Gasteiger partial charge is 0.278 e. The molecule has 1 aliphatic heterocycles. The number of aromatic amines is 1. The van der Waals surface area contributed by atoms with Crippen molar-refractivity contribution < 1.29 is 4.79 Å². The summed E-state index contributed by atoms with van der Waals surface area (Å²) >= 11 is 0.